The number of rotatable bonds is 3. The Morgan fingerprint density at radius 2 is 1.63 bits per heavy atom. The minimum absolute atomic E-state index is 0.0181. The maximum Gasteiger partial charge on any atom is 0.325 e. The summed E-state index contributed by atoms with van der Waals surface area (Å²) in [5, 5.41) is 2.73. The van der Waals surface area contributed by atoms with Crippen LogP contribution < -0.4 is 5.32 Å². The number of likely N-dealkylation sites (tertiary alicyclic amines) is 1. The van der Waals surface area contributed by atoms with Gasteiger partial charge in [0.2, 0.25) is 0 Å². The van der Waals surface area contributed by atoms with Gasteiger partial charge in [-0.05, 0) is 48.7 Å². The Morgan fingerprint density at radius 3 is 2.27 bits per heavy atom. The second kappa shape index (κ2) is 7.47. The van der Waals surface area contributed by atoms with E-state index >= 15 is 0 Å². The topological polar surface area (TPSA) is 69.7 Å². The van der Waals surface area contributed by atoms with Crippen molar-refractivity contribution in [1.82, 2.24) is 15.1 Å². The number of amides is 4. The fraction of sp³-hybridized carbons (Fsp3) is 0.286. The molecule has 2 saturated heterocycles. The molecule has 1 spiro atoms. The Labute approximate surface area is 170 Å². The summed E-state index contributed by atoms with van der Waals surface area (Å²) >= 11 is 0. The molecule has 2 aliphatic rings. The lowest BCUT2D eigenvalue weighted by Gasteiger charge is -2.37. The van der Waals surface area contributed by atoms with E-state index in [2.05, 4.69) is 5.32 Å². The van der Waals surface area contributed by atoms with Crippen molar-refractivity contribution in [2.75, 3.05) is 13.1 Å². The highest BCUT2D eigenvalue weighted by atomic mass is 19.2. The average molecular weight is 417 g/mol. The van der Waals surface area contributed by atoms with Crippen molar-refractivity contribution in [3.05, 3.63) is 71.0 Å². The van der Waals surface area contributed by atoms with Crippen molar-refractivity contribution >= 4 is 17.8 Å². The largest absolute Gasteiger partial charge is 0.338 e. The normalized spacial score (nSPS) is 18.1. The standard InChI is InChI=1S/C21H18F3N3O3/c22-15-4-1-13(2-5-15)12-27-19(29)21(25-20(27)30)7-9-26(10-8-21)18(28)14-3-6-16(23)17(24)11-14/h1-6,11H,7-10,12H2,(H,25,30). The molecule has 6 nitrogen and oxygen atoms in total. The minimum atomic E-state index is -1.11. The van der Waals surface area contributed by atoms with Gasteiger partial charge in [0.25, 0.3) is 11.8 Å². The highest BCUT2D eigenvalue weighted by molar-refractivity contribution is 6.07. The van der Waals surface area contributed by atoms with Gasteiger partial charge in [-0.15, -0.1) is 0 Å². The van der Waals surface area contributed by atoms with Crippen molar-refractivity contribution in [2.24, 2.45) is 0 Å². The number of imide groups is 1. The molecule has 30 heavy (non-hydrogen) atoms. The van der Waals surface area contributed by atoms with E-state index in [0.717, 1.165) is 17.0 Å². The summed E-state index contributed by atoms with van der Waals surface area (Å²) in [6.07, 6.45) is 0.403. The molecule has 2 aromatic carbocycles. The fourth-order valence-corrected chi connectivity index (χ4v) is 3.83. The number of hydrogen-bond acceptors (Lipinski definition) is 3. The van der Waals surface area contributed by atoms with Gasteiger partial charge in [0.1, 0.15) is 11.4 Å². The van der Waals surface area contributed by atoms with Crippen LogP contribution in [0.3, 0.4) is 0 Å². The van der Waals surface area contributed by atoms with Crippen LogP contribution in [0.25, 0.3) is 0 Å². The number of halogens is 3. The molecule has 4 rings (SSSR count). The molecule has 0 aromatic heterocycles. The van der Waals surface area contributed by atoms with Crippen LogP contribution in [0, 0.1) is 17.5 Å². The molecule has 0 aliphatic carbocycles. The summed E-state index contributed by atoms with van der Waals surface area (Å²) in [6.45, 7) is 0.368. The first kappa shape index (κ1) is 19.9. The first-order chi connectivity index (χ1) is 14.3. The van der Waals surface area contributed by atoms with Crippen LogP contribution in [-0.2, 0) is 11.3 Å². The second-order valence-electron chi connectivity index (χ2n) is 7.45. The number of hydrogen-bond donors (Lipinski definition) is 1. The Bertz CT molecular complexity index is 1020. The molecule has 0 atom stereocenters. The molecule has 9 heteroatoms. The third-order valence-corrected chi connectivity index (χ3v) is 5.57. The maximum absolute atomic E-state index is 13.4. The molecule has 4 amide bonds. The smallest absolute Gasteiger partial charge is 0.325 e. The molecule has 2 aliphatic heterocycles. The summed E-state index contributed by atoms with van der Waals surface area (Å²) in [7, 11) is 0. The molecule has 2 aromatic rings. The molecular formula is C21H18F3N3O3. The van der Waals surface area contributed by atoms with E-state index in [4.69, 9.17) is 0 Å². The molecule has 0 radical (unpaired) electrons. The highest BCUT2D eigenvalue weighted by Gasteiger charge is 2.52. The molecule has 0 unspecified atom stereocenters. The molecule has 2 heterocycles. The third-order valence-electron chi connectivity index (χ3n) is 5.57. The van der Waals surface area contributed by atoms with Gasteiger partial charge in [-0.3, -0.25) is 14.5 Å². The molecule has 156 valence electrons. The number of nitrogens with zero attached hydrogens (tertiary/aromatic N) is 2. The van der Waals surface area contributed by atoms with Crippen molar-refractivity contribution in [3.63, 3.8) is 0 Å². The van der Waals surface area contributed by atoms with Crippen molar-refractivity contribution in [1.29, 1.82) is 0 Å². The van der Waals surface area contributed by atoms with Gasteiger partial charge in [-0.1, -0.05) is 12.1 Å². The van der Waals surface area contributed by atoms with Crippen LogP contribution >= 0.6 is 0 Å². The number of carbonyl (C=O) groups excluding carboxylic acids is 3. The fourth-order valence-electron chi connectivity index (χ4n) is 3.83. The number of benzene rings is 2. The summed E-state index contributed by atoms with van der Waals surface area (Å²) in [4.78, 5) is 40.5. The van der Waals surface area contributed by atoms with Crippen molar-refractivity contribution < 1.29 is 27.6 Å². The van der Waals surface area contributed by atoms with E-state index in [1.165, 1.54) is 35.2 Å². The third kappa shape index (κ3) is 3.51. The van der Waals surface area contributed by atoms with Crippen LogP contribution in [-0.4, -0.2) is 46.3 Å². The minimum Gasteiger partial charge on any atom is -0.338 e. The molecule has 2 fully saturated rings. The zero-order chi connectivity index (χ0) is 21.5. The van der Waals surface area contributed by atoms with Crippen LogP contribution in [0.4, 0.5) is 18.0 Å². The summed E-state index contributed by atoms with van der Waals surface area (Å²) in [6, 6.07) is 7.92. The van der Waals surface area contributed by atoms with E-state index in [0.29, 0.717) is 5.56 Å². The Balaban J connectivity index is 1.43. The van der Waals surface area contributed by atoms with Gasteiger partial charge >= 0.3 is 6.03 Å². The van der Waals surface area contributed by atoms with Crippen molar-refractivity contribution in [2.45, 2.75) is 24.9 Å². The van der Waals surface area contributed by atoms with E-state index in [1.807, 2.05) is 0 Å². The quantitative estimate of drug-likeness (QED) is 0.781. The number of urea groups is 1. The zero-order valence-corrected chi connectivity index (χ0v) is 15.8. The Kier molecular flexibility index (Phi) is 4.97. The van der Waals surface area contributed by atoms with Gasteiger partial charge in [-0.2, -0.15) is 0 Å². The first-order valence-corrected chi connectivity index (χ1v) is 9.42. The lowest BCUT2D eigenvalue weighted by atomic mass is 9.87. The van der Waals surface area contributed by atoms with Gasteiger partial charge in [0, 0.05) is 18.7 Å². The number of nitrogens with one attached hydrogen (secondary N) is 1. The highest BCUT2D eigenvalue weighted by Crippen LogP contribution is 2.31. The van der Waals surface area contributed by atoms with Crippen LogP contribution in [0.15, 0.2) is 42.5 Å². The summed E-state index contributed by atoms with van der Waals surface area (Å²) in [5.41, 5.74) is -0.477. The van der Waals surface area contributed by atoms with Gasteiger partial charge in [0.15, 0.2) is 11.6 Å². The average Bonchev–Trinajstić information content (AvgIpc) is 2.95. The van der Waals surface area contributed by atoms with E-state index < -0.39 is 40.8 Å². The van der Waals surface area contributed by atoms with Crippen LogP contribution in [0.2, 0.25) is 0 Å². The van der Waals surface area contributed by atoms with Crippen LogP contribution in [0.1, 0.15) is 28.8 Å². The summed E-state index contributed by atoms with van der Waals surface area (Å²) in [5.74, 6) is -3.42. The monoisotopic (exact) mass is 417 g/mol. The maximum atomic E-state index is 13.4. The predicted octanol–water partition coefficient (Wildman–Crippen LogP) is 2.83. The number of carbonyl (C=O) groups is 3. The lowest BCUT2D eigenvalue weighted by Crippen LogP contribution is -2.55. The van der Waals surface area contributed by atoms with E-state index in [1.54, 1.807) is 0 Å². The predicted molar refractivity (Wildman–Crippen MR) is 99.7 cm³/mol. The molecule has 0 saturated carbocycles. The van der Waals surface area contributed by atoms with Gasteiger partial charge in [0.05, 0.1) is 6.54 Å². The Morgan fingerprint density at radius 1 is 0.967 bits per heavy atom. The first-order valence-electron chi connectivity index (χ1n) is 9.42. The van der Waals surface area contributed by atoms with E-state index in [9.17, 15) is 27.6 Å². The SMILES string of the molecule is O=C(c1ccc(F)c(F)c1)N1CCC2(CC1)NC(=O)N(Cc1ccc(F)cc1)C2=O. The van der Waals surface area contributed by atoms with E-state index in [-0.39, 0.29) is 38.0 Å². The summed E-state index contributed by atoms with van der Waals surface area (Å²) < 4.78 is 39.6. The molecule has 0 bridgehead atoms. The zero-order valence-electron chi connectivity index (χ0n) is 15.8. The second-order valence-corrected chi connectivity index (χ2v) is 7.45. The van der Waals surface area contributed by atoms with Gasteiger partial charge < -0.3 is 10.2 Å². The number of piperidine rings is 1. The molecule has 1 N–H and O–H groups in total. The van der Waals surface area contributed by atoms with Gasteiger partial charge in [-0.25, -0.2) is 18.0 Å². The lowest BCUT2D eigenvalue weighted by molar-refractivity contribution is -0.133. The van der Waals surface area contributed by atoms with Crippen molar-refractivity contribution in [3.8, 4) is 0 Å². The molecular weight excluding hydrogens is 399 g/mol. The van der Waals surface area contributed by atoms with Crippen LogP contribution in [0.5, 0.6) is 0 Å². The Hall–Kier alpha value is -3.36.